The van der Waals surface area contributed by atoms with Crippen molar-refractivity contribution in [3.05, 3.63) is 59.5 Å². The van der Waals surface area contributed by atoms with Gasteiger partial charge in [0.15, 0.2) is 0 Å². The van der Waals surface area contributed by atoms with Crippen LogP contribution in [0.5, 0.6) is 5.75 Å². The van der Waals surface area contributed by atoms with Crippen molar-refractivity contribution in [1.29, 1.82) is 0 Å². The number of anilines is 1. The number of halogens is 1. The predicted molar refractivity (Wildman–Crippen MR) is 116 cm³/mol. The Kier molecular flexibility index (Phi) is 8.47. The average Bonchev–Trinajstić information content (AvgIpc) is 3.37. The maximum atomic E-state index is 13.5. The second-order valence-electron chi connectivity index (χ2n) is 7.77. The van der Waals surface area contributed by atoms with Gasteiger partial charge in [-0.15, -0.1) is 0 Å². The number of nitrogens with one attached hydrogen (secondary N) is 1. The van der Waals surface area contributed by atoms with Crippen molar-refractivity contribution in [3.63, 3.8) is 0 Å². The largest absolute Gasteiger partial charge is 1.00 e. The number of pyridine rings is 1. The van der Waals surface area contributed by atoms with Gasteiger partial charge in [-0.3, -0.25) is 0 Å². The summed E-state index contributed by atoms with van der Waals surface area (Å²) >= 11 is 0. The van der Waals surface area contributed by atoms with E-state index in [0.29, 0.717) is 49.0 Å². The molecule has 0 spiro atoms. The number of carbonyl (C=O) groups is 1. The predicted octanol–water partition coefficient (Wildman–Crippen LogP) is -1.30. The van der Waals surface area contributed by atoms with Crippen LogP contribution in [-0.4, -0.2) is 46.9 Å². The van der Waals surface area contributed by atoms with Gasteiger partial charge < -0.3 is 29.4 Å². The molecule has 168 valence electrons. The first-order valence-electron chi connectivity index (χ1n) is 10.4. The number of carbonyl (C=O) groups excluding carboxylic acids is 1. The molecule has 0 aliphatic carbocycles. The van der Waals surface area contributed by atoms with Crippen LogP contribution >= 0.6 is 0 Å². The molecule has 1 fully saturated rings. The van der Waals surface area contributed by atoms with Crippen molar-refractivity contribution in [3.8, 4) is 17.1 Å². The quantitative estimate of drug-likeness (QED) is 0.417. The van der Waals surface area contributed by atoms with E-state index in [1.807, 2.05) is 41.3 Å². The summed E-state index contributed by atoms with van der Waals surface area (Å²) in [6.45, 7) is 1.78. The molecular formula is C23H25FN5NaO3. The van der Waals surface area contributed by atoms with Gasteiger partial charge in [-0.05, 0) is 36.2 Å². The Morgan fingerprint density at radius 3 is 2.58 bits per heavy atom. The molecule has 3 aromatic rings. The zero-order chi connectivity index (χ0) is 22.7. The third kappa shape index (κ3) is 5.73. The monoisotopic (exact) mass is 461 g/mol. The van der Waals surface area contributed by atoms with E-state index in [1.54, 1.807) is 20.4 Å². The fraction of sp³-hybridized carbons (Fsp3) is 0.348. The molecule has 1 aromatic carbocycles. The van der Waals surface area contributed by atoms with Crippen LogP contribution in [0.3, 0.4) is 0 Å². The molecular weight excluding hydrogens is 436 g/mol. The van der Waals surface area contributed by atoms with Gasteiger partial charge in [-0.1, -0.05) is 12.1 Å². The average molecular weight is 461 g/mol. The summed E-state index contributed by atoms with van der Waals surface area (Å²) in [7, 11) is 3.25. The number of benzene rings is 1. The second kappa shape index (κ2) is 11.1. The van der Waals surface area contributed by atoms with Crippen LogP contribution in [-0.2, 0) is 20.1 Å². The van der Waals surface area contributed by atoms with Gasteiger partial charge in [0.25, 0.3) is 0 Å². The Morgan fingerprint density at radius 1 is 1.24 bits per heavy atom. The maximum absolute atomic E-state index is 13.5. The zero-order valence-corrected chi connectivity index (χ0v) is 21.0. The topological polar surface area (TPSA) is 95.3 Å². The molecule has 3 heterocycles. The van der Waals surface area contributed by atoms with Gasteiger partial charge in [0, 0.05) is 38.4 Å². The summed E-state index contributed by atoms with van der Waals surface area (Å²) in [5.74, 6) is 0.665. The van der Waals surface area contributed by atoms with Gasteiger partial charge in [0.2, 0.25) is 0 Å². The van der Waals surface area contributed by atoms with Crippen LogP contribution in [0.15, 0.2) is 42.6 Å². The molecule has 2 aromatic heterocycles. The Morgan fingerprint density at radius 2 is 2.00 bits per heavy atom. The molecule has 0 bridgehead atoms. The number of alkyl halides is 1. The van der Waals surface area contributed by atoms with Gasteiger partial charge in [-0.2, -0.15) is 0 Å². The number of hydrogen-bond donors (Lipinski definition) is 1. The fourth-order valence-electron chi connectivity index (χ4n) is 3.89. The summed E-state index contributed by atoms with van der Waals surface area (Å²) in [6, 6.07) is 11.2. The summed E-state index contributed by atoms with van der Waals surface area (Å²) in [6.07, 6.45) is 1.31. The SMILES string of the molecule is COc1ccc(CNCc2nc(-c3ccc(N4CC[C@@H](F)C4)nc3)n(C)c2C(=O)[O-])cc1.[Na+]. The molecule has 0 radical (unpaired) electrons. The van der Waals surface area contributed by atoms with Crippen molar-refractivity contribution in [2.75, 3.05) is 25.1 Å². The van der Waals surface area contributed by atoms with Crippen LogP contribution in [0.25, 0.3) is 11.4 Å². The van der Waals surface area contributed by atoms with Crippen LogP contribution < -0.4 is 49.6 Å². The number of ether oxygens (including phenoxy) is 1. The minimum atomic E-state index is -1.29. The van der Waals surface area contributed by atoms with E-state index in [4.69, 9.17) is 4.74 Å². The van der Waals surface area contributed by atoms with Crippen molar-refractivity contribution in [2.24, 2.45) is 7.05 Å². The molecule has 1 saturated heterocycles. The molecule has 0 unspecified atom stereocenters. The van der Waals surface area contributed by atoms with E-state index in [9.17, 15) is 14.3 Å². The third-order valence-corrected chi connectivity index (χ3v) is 5.60. The Bertz CT molecular complexity index is 1090. The standard InChI is InChI=1S/C23H26FN5O3.Na/c1-28-21(23(30)31)19(13-25-11-15-3-6-18(32-2)7-4-15)27-22(28)16-5-8-20(26-12-16)29-10-9-17(24)14-29;/h3-8,12,17,25H,9-11,13-14H2,1-2H3,(H,30,31);/q;+1/p-1/t17-;/m1./s1. The van der Waals surface area contributed by atoms with Crippen molar-refractivity contribution >= 4 is 11.8 Å². The van der Waals surface area contributed by atoms with Crippen LogP contribution in [0.2, 0.25) is 0 Å². The number of nitrogens with zero attached hydrogens (tertiary/aromatic N) is 4. The van der Waals surface area contributed by atoms with Crippen molar-refractivity contribution in [1.82, 2.24) is 19.9 Å². The normalized spacial score (nSPS) is 15.4. The first kappa shape index (κ1) is 25.2. The summed E-state index contributed by atoms with van der Waals surface area (Å²) in [5, 5.41) is 15.0. The fourth-order valence-corrected chi connectivity index (χ4v) is 3.89. The number of aromatic carboxylic acids is 1. The first-order chi connectivity index (χ1) is 15.5. The molecule has 1 atom stereocenters. The number of aromatic nitrogens is 3. The van der Waals surface area contributed by atoms with E-state index in [1.165, 1.54) is 4.57 Å². The van der Waals surface area contributed by atoms with Crippen LogP contribution in [0.1, 0.15) is 28.2 Å². The van der Waals surface area contributed by atoms with E-state index < -0.39 is 12.1 Å². The smallest absolute Gasteiger partial charge is 0.543 e. The van der Waals surface area contributed by atoms with Gasteiger partial charge in [0.05, 0.1) is 31.0 Å². The van der Waals surface area contributed by atoms with E-state index in [2.05, 4.69) is 15.3 Å². The number of rotatable bonds is 8. The molecule has 1 aliphatic rings. The maximum Gasteiger partial charge on any atom is 1.00 e. The van der Waals surface area contributed by atoms with Crippen LogP contribution in [0.4, 0.5) is 10.2 Å². The zero-order valence-electron chi connectivity index (χ0n) is 19.0. The Labute approximate surface area is 214 Å². The number of methoxy groups -OCH3 is 1. The van der Waals surface area contributed by atoms with Crippen LogP contribution in [0, 0.1) is 0 Å². The summed E-state index contributed by atoms with van der Waals surface area (Å²) in [5.41, 5.74) is 2.12. The summed E-state index contributed by atoms with van der Waals surface area (Å²) in [4.78, 5) is 22.6. The van der Waals surface area contributed by atoms with Crippen molar-refractivity contribution < 1.29 is 48.6 Å². The molecule has 0 amide bonds. The number of hydrogen-bond acceptors (Lipinski definition) is 7. The van der Waals surface area contributed by atoms with E-state index >= 15 is 0 Å². The van der Waals surface area contributed by atoms with Gasteiger partial charge >= 0.3 is 29.6 Å². The first-order valence-corrected chi connectivity index (χ1v) is 10.4. The molecule has 0 saturated carbocycles. The number of carboxylic acid groups (broad SMARTS) is 1. The minimum absolute atomic E-state index is 0. The second-order valence-corrected chi connectivity index (χ2v) is 7.77. The van der Waals surface area contributed by atoms with E-state index in [0.717, 1.165) is 11.3 Å². The molecule has 1 aliphatic heterocycles. The summed E-state index contributed by atoms with van der Waals surface area (Å²) < 4.78 is 20.1. The van der Waals surface area contributed by atoms with E-state index in [-0.39, 0.29) is 41.8 Å². The van der Waals surface area contributed by atoms with Gasteiger partial charge in [-0.25, -0.2) is 14.4 Å². The molecule has 10 heteroatoms. The molecule has 8 nitrogen and oxygen atoms in total. The Hall–Kier alpha value is -2.46. The Balaban J connectivity index is 0.00000306. The number of imidazole rings is 1. The third-order valence-electron chi connectivity index (χ3n) is 5.60. The molecule has 1 N–H and O–H groups in total. The van der Waals surface area contributed by atoms with Gasteiger partial charge in [0.1, 0.15) is 23.6 Å². The minimum Gasteiger partial charge on any atom is -0.543 e. The molecule has 33 heavy (non-hydrogen) atoms. The number of carboxylic acids is 1. The van der Waals surface area contributed by atoms with Crippen molar-refractivity contribution in [2.45, 2.75) is 25.7 Å². The molecule has 4 rings (SSSR count).